The van der Waals surface area contributed by atoms with Crippen molar-refractivity contribution in [2.75, 3.05) is 13.2 Å². The molecule has 8 heteroatoms. The minimum atomic E-state index is -0.478. The highest BCUT2D eigenvalue weighted by molar-refractivity contribution is 5.82. The average Bonchev–Trinajstić information content (AvgIpc) is 3.07. The summed E-state index contributed by atoms with van der Waals surface area (Å²) in [6.07, 6.45) is 3.08. The molecule has 0 fully saturated rings. The van der Waals surface area contributed by atoms with Crippen molar-refractivity contribution in [3.63, 3.8) is 0 Å². The van der Waals surface area contributed by atoms with Crippen LogP contribution in [0.25, 0.3) is 0 Å². The van der Waals surface area contributed by atoms with E-state index in [-0.39, 0.29) is 37.8 Å². The monoisotopic (exact) mass is 334 g/mol. The molecule has 1 aromatic carbocycles. The zero-order valence-electron chi connectivity index (χ0n) is 13.4. The van der Waals surface area contributed by atoms with Gasteiger partial charge in [0.2, 0.25) is 5.91 Å². The quantitative estimate of drug-likeness (QED) is 0.682. The van der Waals surface area contributed by atoms with Crippen molar-refractivity contribution in [2.45, 2.75) is 26.4 Å². The summed E-state index contributed by atoms with van der Waals surface area (Å²) in [6.45, 7) is 2.36. The first kappa shape index (κ1) is 17.6. The summed E-state index contributed by atoms with van der Waals surface area (Å²) in [5.41, 5.74) is 0.731. The molecule has 1 amide bonds. The van der Waals surface area contributed by atoms with Crippen LogP contribution < -0.4 is 0 Å². The number of esters is 1. The van der Waals surface area contributed by atoms with E-state index in [9.17, 15) is 14.0 Å². The van der Waals surface area contributed by atoms with Gasteiger partial charge < -0.3 is 9.64 Å². The molecule has 0 atom stereocenters. The number of benzene rings is 1. The van der Waals surface area contributed by atoms with Gasteiger partial charge in [-0.25, -0.2) is 9.37 Å². The third kappa shape index (κ3) is 5.45. The van der Waals surface area contributed by atoms with E-state index in [0.29, 0.717) is 6.54 Å². The minimum absolute atomic E-state index is 0.151. The third-order valence-corrected chi connectivity index (χ3v) is 3.29. The van der Waals surface area contributed by atoms with Gasteiger partial charge in [0.05, 0.1) is 13.2 Å². The largest absolute Gasteiger partial charge is 0.465 e. The molecule has 2 aromatic rings. The Morgan fingerprint density at radius 2 is 2.04 bits per heavy atom. The van der Waals surface area contributed by atoms with Crippen LogP contribution in [0.4, 0.5) is 4.39 Å². The van der Waals surface area contributed by atoms with E-state index < -0.39 is 5.97 Å². The minimum Gasteiger partial charge on any atom is -0.465 e. The summed E-state index contributed by atoms with van der Waals surface area (Å²) in [4.78, 5) is 29.4. The lowest BCUT2D eigenvalue weighted by Crippen LogP contribution is -2.36. The zero-order valence-corrected chi connectivity index (χ0v) is 13.4. The maximum absolute atomic E-state index is 13.0. The Kier molecular flexibility index (Phi) is 6.41. The molecule has 0 saturated carbocycles. The molecular weight excluding hydrogens is 315 g/mol. The topological polar surface area (TPSA) is 77.3 Å². The summed E-state index contributed by atoms with van der Waals surface area (Å²) in [5, 5.41) is 3.93. The summed E-state index contributed by atoms with van der Waals surface area (Å²) in [5.74, 6) is -1.05. The molecule has 7 nitrogen and oxygen atoms in total. The van der Waals surface area contributed by atoms with Crippen LogP contribution in [0.2, 0.25) is 0 Å². The molecule has 0 spiro atoms. The number of amides is 1. The van der Waals surface area contributed by atoms with Gasteiger partial charge in [0.1, 0.15) is 25.0 Å². The van der Waals surface area contributed by atoms with Crippen molar-refractivity contribution in [2.24, 2.45) is 0 Å². The number of carbonyl (C=O) groups is 2. The number of rotatable bonds is 8. The molecule has 0 unspecified atom stereocenters. The summed E-state index contributed by atoms with van der Waals surface area (Å²) < 4.78 is 19.5. The second-order valence-electron chi connectivity index (χ2n) is 5.09. The van der Waals surface area contributed by atoms with Gasteiger partial charge in [-0.1, -0.05) is 12.1 Å². The van der Waals surface area contributed by atoms with E-state index in [4.69, 9.17) is 4.74 Å². The van der Waals surface area contributed by atoms with Crippen LogP contribution in [0.15, 0.2) is 36.9 Å². The molecule has 0 saturated heterocycles. The Balaban J connectivity index is 2.01. The highest BCUT2D eigenvalue weighted by Crippen LogP contribution is 2.09. The predicted octanol–water partition coefficient (Wildman–Crippen LogP) is 1.40. The lowest BCUT2D eigenvalue weighted by atomic mass is 10.2. The Hall–Kier alpha value is -2.77. The van der Waals surface area contributed by atoms with E-state index in [0.717, 1.165) is 5.56 Å². The van der Waals surface area contributed by atoms with Crippen molar-refractivity contribution in [3.8, 4) is 0 Å². The highest BCUT2D eigenvalue weighted by atomic mass is 19.1. The van der Waals surface area contributed by atoms with Gasteiger partial charge in [-0.05, 0) is 24.6 Å². The first-order chi connectivity index (χ1) is 11.6. The first-order valence-corrected chi connectivity index (χ1v) is 7.58. The number of halogens is 1. The molecule has 0 radical (unpaired) electrons. The molecule has 24 heavy (non-hydrogen) atoms. The number of hydrogen-bond donors (Lipinski definition) is 0. The van der Waals surface area contributed by atoms with Crippen LogP contribution in [-0.4, -0.2) is 44.7 Å². The van der Waals surface area contributed by atoms with E-state index in [2.05, 4.69) is 10.1 Å². The predicted molar refractivity (Wildman–Crippen MR) is 83.1 cm³/mol. The van der Waals surface area contributed by atoms with Crippen LogP contribution in [0.3, 0.4) is 0 Å². The third-order valence-electron chi connectivity index (χ3n) is 3.29. The van der Waals surface area contributed by atoms with Gasteiger partial charge in [-0.3, -0.25) is 14.3 Å². The number of hydrogen-bond acceptors (Lipinski definition) is 5. The molecule has 128 valence electrons. The lowest BCUT2D eigenvalue weighted by Gasteiger charge is -2.22. The molecule has 0 aliphatic heterocycles. The van der Waals surface area contributed by atoms with Crippen LogP contribution in [-0.2, 0) is 27.4 Å². The van der Waals surface area contributed by atoms with Crippen molar-refractivity contribution >= 4 is 11.9 Å². The number of nitrogens with zero attached hydrogens (tertiary/aromatic N) is 4. The number of carbonyl (C=O) groups excluding carboxylic acids is 2. The summed E-state index contributed by atoms with van der Waals surface area (Å²) in [7, 11) is 0. The van der Waals surface area contributed by atoms with Crippen molar-refractivity contribution in [1.29, 1.82) is 0 Å². The average molecular weight is 334 g/mol. The van der Waals surface area contributed by atoms with Crippen LogP contribution in [0.1, 0.15) is 18.9 Å². The molecule has 1 heterocycles. The standard InChI is InChI=1S/C16H19FN4O3/c1-2-24-16(23)10-20(9-13-3-5-14(17)6-4-13)15(22)7-8-21-12-18-11-19-21/h3-6,11-12H,2,7-10H2,1H3. The molecule has 2 rings (SSSR count). The lowest BCUT2D eigenvalue weighted by molar-refractivity contribution is -0.149. The Labute approximate surface area is 139 Å². The van der Waals surface area contributed by atoms with Gasteiger partial charge in [-0.2, -0.15) is 5.10 Å². The zero-order chi connectivity index (χ0) is 17.4. The second kappa shape index (κ2) is 8.76. The Bertz CT molecular complexity index is 658. The smallest absolute Gasteiger partial charge is 0.325 e. The van der Waals surface area contributed by atoms with Gasteiger partial charge in [-0.15, -0.1) is 0 Å². The number of ether oxygens (including phenoxy) is 1. The van der Waals surface area contributed by atoms with Crippen LogP contribution in [0.5, 0.6) is 0 Å². The normalized spacial score (nSPS) is 10.4. The Morgan fingerprint density at radius 1 is 1.29 bits per heavy atom. The van der Waals surface area contributed by atoms with Gasteiger partial charge in [0.15, 0.2) is 0 Å². The maximum Gasteiger partial charge on any atom is 0.325 e. The van der Waals surface area contributed by atoms with Crippen molar-refractivity contribution < 1.29 is 18.7 Å². The number of aryl methyl sites for hydroxylation is 1. The fourth-order valence-electron chi connectivity index (χ4n) is 2.12. The summed E-state index contributed by atoms with van der Waals surface area (Å²) >= 11 is 0. The van der Waals surface area contributed by atoms with Crippen LogP contribution in [0, 0.1) is 5.82 Å². The van der Waals surface area contributed by atoms with Gasteiger partial charge in [0, 0.05) is 13.0 Å². The second-order valence-corrected chi connectivity index (χ2v) is 5.09. The fraction of sp³-hybridized carbons (Fsp3) is 0.375. The van der Waals surface area contributed by atoms with Crippen LogP contribution >= 0.6 is 0 Å². The SMILES string of the molecule is CCOC(=O)CN(Cc1ccc(F)cc1)C(=O)CCn1cncn1. The number of aromatic nitrogens is 3. The summed E-state index contributed by atoms with van der Waals surface area (Å²) in [6, 6.07) is 5.80. The van der Waals surface area contributed by atoms with Crippen molar-refractivity contribution in [1.82, 2.24) is 19.7 Å². The highest BCUT2D eigenvalue weighted by Gasteiger charge is 2.18. The first-order valence-electron chi connectivity index (χ1n) is 7.58. The van der Waals surface area contributed by atoms with E-state index >= 15 is 0 Å². The molecule has 0 aliphatic carbocycles. The molecule has 0 aliphatic rings. The molecule has 0 bridgehead atoms. The Morgan fingerprint density at radius 3 is 2.67 bits per heavy atom. The molecular formula is C16H19FN4O3. The van der Waals surface area contributed by atoms with Crippen molar-refractivity contribution in [3.05, 3.63) is 48.3 Å². The fourth-order valence-corrected chi connectivity index (χ4v) is 2.12. The van der Waals surface area contributed by atoms with Gasteiger partial charge in [0.25, 0.3) is 0 Å². The molecule has 1 aromatic heterocycles. The van der Waals surface area contributed by atoms with E-state index in [1.54, 1.807) is 23.7 Å². The maximum atomic E-state index is 13.0. The molecule has 0 N–H and O–H groups in total. The van der Waals surface area contributed by atoms with Gasteiger partial charge >= 0.3 is 5.97 Å². The van der Waals surface area contributed by atoms with E-state index in [1.807, 2.05) is 0 Å². The van der Waals surface area contributed by atoms with E-state index in [1.165, 1.54) is 29.7 Å².